The van der Waals surface area contributed by atoms with E-state index in [9.17, 15) is 4.79 Å². The van der Waals surface area contributed by atoms with Crippen LogP contribution >= 0.6 is 0 Å². The summed E-state index contributed by atoms with van der Waals surface area (Å²) in [7, 11) is 4.11. The highest BCUT2D eigenvalue weighted by molar-refractivity contribution is 5.93. The van der Waals surface area contributed by atoms with Crippen LogP contribution in [-0.2, 0) is 6.54 Å². The van der Waals surface area contributed by atoms with E-state index in [4.69, 9.17) is 0 Å². The molecule has 0 saturated heterocycles. The van der Waals surface area contributed by atoms with E-state index in [1.807, 2.05) is 56.0 Å². The molecule has 1 aromatic carbocycles. The second kappa shape index (κ2) is 10.0. The summed E-state index contributed by atoms with van der Waals surface area (Å²) in [6.45, 7) is 8.23. The Labute approximate surface area is 162 Å². The van der Waals surface area contributed by atoms with Crippen molar-refractivity contribution in [2.24, 2.45) is 0 Å². The van der Waals surface area contributed by atoms with Crippen LogP contribution in [0.15, 0.2) is 36.4 Å². The Balaban J connectivity index is 2.12. The zero-order valence-electron chi connectivity index (χ0n) is 17.1. The second-order valence-electron chi connectivity index (χ2n) is 7.28. The van der Waals surface area contributed by atoms with Crippen molar-refractivity contribution in [2.75, 3.05) is 32.5 Å². The van der Waals surface area contributed by atoms with Gasteiger partial charge in [-0.05, 0) is 53.4 Å². The van der Waals surface area contributed by atoms with E-state index in [2.05, 4.69) is 34.3 Å². The fraction of sp³-hybridized carbons (Fsp3) is 0.476. The Morgan fingerprint density at radius 1 is 1.15 bits per heavy atom. The molecule has 1 aromatic heterocycles. The minimum atomic E-state index is -0.0734. The van der Waals surface area contributed by atoms with Crippen molar-refractivity contribution in [2.45, 2.75) is 39.8 Å². The molecule has 27 heavy (non-hydrogen) atoms. The number of amides is 1. The lowest BCUT2D eigenvalue weighted by molar-refractivity contribution is 0.0684. The van der Waals surface area contributed by atoms with Crippen LogP contribution in [0.5, 0.6) is 0 Å². The van der Waals surface area contributed by atoms with Gasteiger partial charge in [-0.3, -0.25) is 4.79 Å². The molecule has 1 amide bonds. The Morgan fingerprint density at radius 3 is 2.48 bits per heavy atom. The molecule has 1 heterocycles. The van der Waals surface area contributed by atoms with E-state index in [1.165, 1.54) is 0 Å². The number of aromatic nitrogens is 2. The van der Waals surface area contributed by atoms with Crippen molar-refractivity contribution in [3.05, 3.63) is 53.5 Å². The van der Waals surface area contributed by atoms with Crippen LogP contribution in [0.4, 0.5) is 5.82 Å². The van der Waals surface area contributed by atoms with Crippen molar-refractivity contribution in [3.63, 3.8) is 0 Å². The molecular formula is C21H31N5O. The minimum absolute atomic E-state index is 0.0734. The smallest absolute Gasteiger partial charge is 0.273 e. The van der Waals surface area contributed by atoms with Gasteiger partial charge in [-0.15, -0.1) is 0 Å². The monoisotopic (exact) mass is 369 g/mol. The molecule has 0 saturated carbocycles. The highest BCUT2D eigenvalue weighted by atomic mass is 16.2. The molecule has 0 bridgehead atoms. The van der Waals surface area contributed by atoms with E-state index in [0.717, 1.165) is 25.1 Å². The van der Waals surface area contributed by atoms with E-state index in [1.54, 1.807) is 6.07 Å². The van der Waals surface area contributed by atoms with E-state index < -0.39 is 0 Å². The van der Waals surface area contributed by atoms with E-state index in [0.29, 0.717) is 23.9 Å². The SMILES string of the molecule is Cc1nc(NCCCN(C)C)cc(C(=O)N(Cc2ccccc2)C(C)C)n1. The average Bonchev–Trinajstić information content (AvgIpc) is 2.63. The molecule has 0 aliphatic carbocycles. The number of aryl methyl sites for hydroxylation is 1. The highest BCUT2D eigenvalue weighted by Crippen LogP contribution is 2.15. The summed E-state index contributed by atoms with van der Waals surface area (Å²) in [5.74, 6) is 1.23. The number of carbonyl (C=O) groups is 1. The van der Waals surface area contributed by atoms with Gasteiger partial charge in [0.05, 0.1) is 0 Å². The van der Waals surface area contributed by atoms with Crippen LogP contribution < -0.4 is 5.32 Å². The molecule has 0 aliphatic heterocycles. The Bertz CT molecular complexity index is 731. The Morgan fingerprint density at radius 2 is 1.85 bits per heavy atom. The zero-order valence-corrected chi connectivity index (χ0v) is 17.1. The molecule has 0 aliphatic rings. The first-order valence-electron chi connectivity index (χ1n) is 9.46. The summed E-state index contributed by atoms with van der Waals surface area (Å²) in [4.78, 5) is 25.9. The van der Waals surface area contributed by atoms with Crippen molar-refractivity contribution >= 4 is 11.7 Å². The molecule has 2 rings (SSSR count). The van der Waals surface area contributed by atoms with E-state index >= 15 is 0 Å². The molecule has 6 heteroatoms. The fourth-order valence-electron chi connectivity index (χ4n) is 2.80. The first-order chi connectivity index (χ1) is 12.9. The number of anilines is 1. The summed E-state index contributed by atoms with van der Waals surface area (Å²) in [5, 5.41) is 3.31. The van der Waals surface area contributed by atoms with Crippen LogP contribution in [0, 0.1) is 6.92 Å². The van der Waals surface area contributed by atoms with Crippen LogP contribution in [0.1, 0.15) is 42.1 Å². The quantitative estimate of drug-likeness (QED) is 0.688. The van der Waals surface area contributed by atoms with Crippen molar-refractivity contribution < 1.29 is 4.79 Å². The predicted molar refractivity (Wildman–Crippen MR) is 110 cm³/mol. The average molecular weight is 370 g/mol. The third-order valence-electron chi connectivity index (χ3n) is 4.23. The number of carbonyl (C=O) groups excluding carboxylic acids is 1. The van der Waals surface area contributed by atoms with Gasteiger partial charge < -0.3 is 15.1 Å². The van der Waals surface area contributed by atoms with Gasteiger partial charge in [-0.2, -0.15) is 0 Å². The topological polar surface area (TPSA) is 61.4 Å². The summed E-state index contributed by atoms with van der Waals surface area (Å²) in [6.07, 6.45) is 1.01. The van der Waals surface area contributed by atoms with Gasteiger partial charge in [-0.1, -0.05) is 30.3 Å². The summed E-state index contributed by atoms with van der Waals surface area (Å²) in [6, 6.07) is 11.9. The van der Waals surface area contributed by atoms with Gasteiger partial charge in [0.15, 0.2) is 0 Å². The number of rotatable bonds is 9. The Kier molecular flexibility index (Phi) is 7.73. The molecule has 2 aromatic rings. The van der Waals surface area contributed by atoms with Crippen LogP contribution in [-0.4, -0.2) is 58.9 Å². The second-order valence-corrected chi connectivity index (χ2v) is 7.28. The van der Waals surface area contributed by atoms with Gasteiger partial charge in [0.1, 0.15) is 17.3 Å². The van der Waals surface area contributed by atoms with Crippen LogP contribution in [0.2, 0.25) is 0 Å². The third kappa shape index (κ3) is 6.64. The highest BCUT2D eigenvalue weighted by Gasteiger charge is 2.21. The third-order valence-corrected chi connectivity index (χ3v) is 4.23. The van der Waals surface area contributed by atoms with Crippen molar-refractivity contribution in [1.82, 2.24) is 19.8 Å². The molecule has 0 spiro atoms. The maximum atomic E-state index is 13.1. The van der Waals surface area contributed by atoms with Gasteiger partial charge in [0, 0.05) is 25.2 Å². The number of benzene rings is 1. The lowest BCUT2D eigenvalue weighted by atomic mass is 10.1. The van der Waals surface area contributed by atoms with Gasteiger partial charge >= 0.3 is 0 Å². The van der Waals surface area contributed by atoms with Crippen LogP contribution in [0.3, 0.4) is 0 Å². The van der Waals surface area contributed by atoms with Crippen LogP contribution in [0.25, 0.3) is 0 Å². The number of hydrogen-bond donors (Lipinski definition) is 1. The molecular weight excluding hydrogens is 338 g/mol. The fourth-order valence-corrected chi connectivity index (χ4v) is 2.80. The number of nitrogens with one attached hydrogen (secondary N) is 1. The number of hydrogen-bond acceptors (Lipinski definition) is 5. The van der Waals surface area contributed by atoms with Crippen molar-refractivity contribution in [3.8, 4) is 0 Å². The molecule has 1 N–H and O–H groups in total. The summed E-state index contributed by atoms with van der Waals surface area (Å²) >= 11 is 0. The van der Waals surface area contributed by atoms with Gasteiger partial charge in [0.2, 0.25) is 0 Å². The number of nitrogens with zero attached hydrogens (tertiary/aromatic N) is 4. The Hall–Kier alpha value is -2.47. The van der Waals surface area contributed by atoms with Gasteiger partial charge in [-0.25, -0.2) is 9.97 Å². The minimum Gasteiger partial charge on any atom is -0.370 e. The molecule has 146 valence electrons. The predicted octanol–water partition coefficient (Wildman–Crippen LogP) is 3.20. The maximum Gasteiger partial charge on any atom is 0.273 e. The molecule has 0 radical (unpaired) electrons. The summed E-state index contributed by atoms with van der Waals surface area (Å²) in [5.41, 5.74) is 1.54. The molecule has 6 nitrogen and oxygen atoms in total. The van der Waals surface area contributed by atoms with Crippen molar-refractivity contribution in [1.29, 1.82) is 0 Å². The van der Waals surface area contributed by atoms with Gasteiger partial charge in [0.25, 0.3) is 5.91 Å². The molecule has 0 fully saturated rings. The summed E-state index contributed by atoms with van der Waals surface area (Å²) < 4.78 is 0. The first kappa shape index (κ1) is 20.8. The maximum absolute atomic E-state index is 13.1. The normalized spacial score (nSPS) is 11.1. The molecule has 0 atom stereocenters. The molecule has 0 unspecified atom stereocenters. The standard InChI is InChI=1S/C21H31N5O/c1-16(2)26(15-18-10-7-6-8-11-18)21(27)19-14-20(24-17(3)23-19)22-12-9-13-25(4)5/h6-8,10-11,14,16H,9,12-13,15H2,1-5H3,(H,22,23,24). The first-order valence-corrected chi connectivity index (χ1v) is 9.46. The zero-order chi connectivity index (χ0) is 19.8. The lowest BCUT2D eigenvalue weighted by Gasteiger charge is -2.27. The lowest BCUT2D eigenvalue weighted by Crippen LogP contribution is -2.37. The van der Waals surface area contributed by atoms with E-state index in [-0.39, 0.29) is 11.9 Å². The largest absolute Gasteiger partial charge is 0.370 e.